The van der Waals surface area contributed by atoms with E-state index in [2.05, 4.69) is 25.9 Å². The molecule has 1 saturated carbocycles. The van der Waals surface area contributed by atoms with Crippen LogP contribution in [0.15, 0.2) is 48.9 Å². The first kappa shape index (κ1) is 31.6. The van der Waals surface area contributed by atoms with Gasteiger partial charge in [-0.05, 0) is 36.3 Å². The highest BCUT2D eigenvalue weighted by Gasteiger charge is 2.44. The van der Waals surface area contributed by atoms with E-state index in [4.69, 9.17) is 0 Å². The number of amides is 4. The highest BCUT2D eigenvalue weighted by molar-refractivity contribution is 5.98. The van der Waals surface area contributed by atoms with Crippen molar-refractivity contribution in [2.45, 2.75) is 71.0 Å². The van der Waals surface area contributed by atoms with Gasteiger partial charge in [-0.25, -0.2) is 4.98 Å². The van der Waals surface area contributed by atoms with Gasteiger partial charge in [-0.15, -0.1) is 0 Å². The predicted octanol–water partition coefficient (Wildman–Crippen LogP) is 2.03. The molecule has 230 valence electrons. The van der Waals surface area contributed by atoms with Crippen LogP contribution in [0, 0.1) is 17.3 Å². The minimum Gasteiger partial charge on any atom is -0.481 e. The zero-order valence-corrected chi connectivity index (χ0v) is 24.8. The summed E-state index contributed by atoms with van der Waals surface area (Å²) < 4.78 is 0. The molecular formula is C31H40N6O6. The first-order valence-electron chi connectivity index (χ1n) is 14.7. The Kier molecular flexibility index (Phi) is 10.1. The van der Waals surface area contributed by atoms with E-state index < -0.39 is 53.1 Å². The third kappa shape index (κ3) is 7.94. The summed E-state index contributed by atoms with van der Waals surface area (Å²) in [5.74, 6) is -4.19. The van der Waals surface area contributed by atoms with Gasteiger partial charge in [0.25, 0.3) is 11.8 Å². The van der Waals surface area contributed by atoms with E-state index in [-0.39, 0.29) is 30.6 Å². The van der Waals surface area contributed by atoms with Crippen LogP contribution in [0.25, 0.3) is 0 Å². The van der Waals surface area contributed by atoms with E-state index in [1.807, 2.05) is 0 Å². The lowest BCUT2D eigenvalue weighted by Crippen LogP contribution is -2.61. The zero-order valence-electron chi connectivity index (χ0n) is 24.8. The van der Waals surface area contributed by atoms with Crippen LogP contribution in [0.5, 0.6) is 0 Å². The van der Waals surface area contributed by atoms with Gasteiger partial charge in [-0.3, -0.25) is 29.0 Å². The Labute approximate surface area is 251 Å². The lowest BCUT2D eigenvalue weighted by Gasteiger charge is -2.35. The largest absolute Gasteiger partial charge is 0.481 e. The number of nitrogens with zero attached hydrogens (tertiary/aromatic N) is 3. The summed E-state index contributed by atoms with van der Waals surface area (Å²) in [7, 11) is 0. The lowest BCUT2D eigenvalue weighted by atomic mass is 9.82. The fraction of sp³-hybridized carbons (Fsp3) is 0.516. The number of aliphatic carboxylic acids is 1. The Bertz CT molecular complexity index is 1310. The Morgan fingerprint density at radius 2 is 1.63 bits per heavy atom. The number of nitrogens with one attached hydrogen (secondary N) is 3. The zero-order chi connectivity index (χ0) is 31.1. The second-order valence-electron chi connectivity index (χ2n) is 12.4. The number of hydrogen-bond acceptors (Lipinski definition) is 7. The van der Waals surface area contributed by atoms with Crippen LogP contribution in [-0.2, 0) is 14.4 Å². The first-order valence-corrected chi connectivity index (χ1v) is 14.7. The predicted molar refractivity (Wildman–Crippen MR) is 157 cm³/mol. The maximum Gasteiger partial charge on any atom is 0.310 e. The van der Waals surface area contributed by atoms with Crippen molar-refractivity contribution in [1.82, 2.24) is 30.8 Å². The molecular weight excluding hydrogens is 552 g/mol. The van der Waals surface area contributed by atoms with Crippen molar-refractivity contribution in [3.8, 4) is 0 Å². The lowest BCUT2D eigenvalue weighted by molar-refractivity contribution is -0.142. The van der Waals surface area contributed by atoms with E-state index in [9.17, 15) is 29.1 Å². The molecule has 2 heterocycles. The van der Waals surface area contributed by atoms with Gasteiger partial charge < -0.3 is 26.0 Å². The van der Waals surface area contributed by atoms with Gasteiger partial charge in [-0.2, -0.15) is 0 Å². The van der Waals surface area contributed by atoms with Gasteiger partial charge >= 0.3 is 5.97 Å². The van der Waals surface area contributed by atoms with Gasteiger partial charge in [0.1, 0.15) is 17.8 Å². The molecule has 4 amide bonds. The fourth-order valence-corrected chi connectivity index (χ4v) is 5.80. The number of carbonyl (C=O) groups excluding carboxylic acids is 4. The van der Waals surface area contributed by atoms with Crippen molar-refractivity contribution in [2.75, 3.05) is 13.1 Å². The molecule has 1 aliphatic carbocycles. The van der Waals surface area contributed by atoms with Crippen molar-refractivity contribution in [3.05, 3.63) is 60.2 Å². The van der Waals surface area contributed by atoms with Crippen LogP contribution in [0.4, 0.5) is 0 Å². The number of carbonyl (C=O) groups is 5. The van der Waals surface area contributed by atoms with E-state index in [1.165, 1.54) is 23.5 Å². The summed E-state index contributed by atoms with van der Waals surface area (Å²) in [6.45, 7) is 5.33. The first-order chi connectivity index (χ1) is 20.5. The Morgan fingerprint density at radius 1 is 0.930 bits per heavy atom. The van der Waals surface area contributed by atoms with Crippen LogP contribution in [-0.4, -0.2) is 80.8 Å². The molecule has 2 fully saturated rings. The average molecular weight is 593 g/mol. The van der Waals surface area contributed by atoms with Crippen molar-refractivity contribution in [3.63, 3.8) is 0 Å². The monoisotopic (exact) mass is 592 g/mol. The SMILES string of the molecule is CC(C)(C)C(NC(=O)[C@@H](NC(=O)c1cnccn1)C1CCCCC1)C(=O)NC1CN(C(=O)c2ccccc2)C[C@H]1C(=O)O. The Hall–Kier alpha value is -4.35. The third-order valence-electron chi connectivity index (χ3n) is 8.17. The van der Waals surface area contributed by atoms with Gasteiger partial charge in [0.05, 0.1) is 18.2 Å². The summed E-state index contributed by atoms with van der Waals surface area (Å²) >= 11 is 0. The maximum atomic E-state index is 13.8. The molecule has 0 bridgehead atoms. The Balaban J connectivity index is 1.50. The highest BCUT2D eigenvalue weighted by atomic mass is 16.4. The summed E-state index contributed by atoms with van der Waals surface area (Å²) in [6, 6.07) is 5.74. The summed E-state index contributed by atoms with van der Waals surface area (Å²) in [5.41, 5.74) is -0.254. The molecule has 1 saturated heterocycles. The van der Waals surface area contributed by atoms with E-state index in [0.717, 1.165) is 32.1 Å². The van der Waals surface area contributed by atoms with Gasteiger partial charge in [0.15, 0.2) is 0 Å². The van der Waals surface area contributed by atoms with E-state index in [1.54, 1.807) is 51.1 Å². The van der Waals surface area contributed by atoms with Crippen LogP contribution in [0.2, 0.25) is 0 Å². The van der Waals surface area contributed by atoms with Crippen molar-refractivity contribution in [2.24, 2.45) is 17.3 Å². The molecule has 2 aromatic rings. The van der Waals surface area contributed by atoms with Gasteiger partial charge in [0.2, 0.25) is 11.8 Å². The number of carboxylic acid groups (broad SMARTS) is 1. The maximum absolute atomic E-state index is 13.8. The standard InChI is InChI=1S/C31H40N6O6/c1-31(2,3)25(28(40)34-23-18-37(17-21(23)30(42)43)29(41)20-12-8-5-9-13-20)36-27(39)24(19-10-6-4-7-11-19)35-26(38)22-16-32-14-15-33-22/h5,8-9,12-16,19,21,23-25H,4,6-7,10-11,17-18H2,1-3H3,(H,34,40)(H,35,38)(H,36,39)(H,42,43)/t21-,23?,24+,25?/m1/s1. The fourth-order valence-electron chi connectivity index (χ4n) is 5.80. The van der Waals surface area contributed by atoms with Crippen LogP contribution in [0.3, 0.4) is 0 Å². The minimum absolute atomic E-state index is 0.0140. The molecule has 4 atom stereocenters. The quantitative estimate of drug-likeness (QED) is 0.343. The molecule has 1 aromatic carbocycles. The van der Waals surface area contributed by atoms with Gasteiger partial charge in [-0.1, -0.05) is 58.2 Å². The van der Waals surface area contributed by atoms with Gasteiger partial charge in [0, 0.05) is 31.0 Å². The molecule has 4 rings (SSSR count). The Morgan fingerprint density at radius 3 is 2.23 bits per heavy atom. The van der Waals surface area contributed by atoms with Crippen molar-refractivity contribution < 1.29 is 29.1 Å². The second-order valence-corrected chi connectivity index (χ2v) is 12.4. The molecule has 2 unspecified atom stereocenters. The number of carboxylic acids is 1. The molecule has 12 nitrogen and oxygen atoms in total. The second kappa shape index (κ2) is 13.7. The van der Waals surface area contributed by atoms with Crippen molar-refractivity contribution in [1.29, 1.82) is 0 Å². The molecule has 0 radical (unpaired) electrons. The van der Waals surface area contributed by atoms with Crippen LogP contribution < -0.4 is 16.0 Å². The number of benzene rings is 1. The number of rotatable bonds is 9. The van der Waals surface area contributed by atoms with E-state index >= 15 is 0 Å². The van der Waals surface area contributed by atoms with Crippen LogP contribution in [0.1, 0.15) is 73.7 Å². The number of aromatic nitrogens is 2. The van der Waals surface area contributed by atoms with Crippen molar-refractivity contribution >= 4 is 29.6 Å². The molecule has 1 aliphatic heterocycles. The minimum atomic E-state index is -1.13. The molecule has 1 aromatic heterocycles. The van der Waals surface area contributed by atoms with E-state index in [0.29, 0.717) is 5.56 Å². The highest BCUT2D eigenvalue weighted by Crippen LogP contribution is 2.28. The summed E-state index contributed by atoms with van der Waals surface area (Å²) in [6.07, 6.45) is 8.56. The average Bonchev–Trinajstić information content (AvgIpc) is 3.42. The normalized spacial score (nSPS) is 20.5. The summed E-state index contributed by atoms with van der Waals surface area (Å²) in [4.78, 5) is 75.0. The van der Waals surface area contributed by atoms with Crippen LogP contribution >= 0.6 is 0 Å². The molecule has 2 aliphatic rings. The summed E-state index contributed by atoms with van der Waals surface area (Å²) in [5, 5.41) is 18.4. The number of hydrogen-bond donors (Lipinski definition) is 4. The molecule has 12 heteroatoms. The number of likely N-dealkylation sites (tertiary alicyclic amines) is 1. The molecule has 43 heavy (non-hydrogen) atoms. The molecule has 0 spiro atoms. The molecule has 4 N–H and O–H groups in total. The smallest absolute Gasteiger partial charge is 0.310 e. The third-order valence-corrected chi connectivity index (χ3v) is 8.17. The topological polar surface area (TPSA) is 171 Å².